The second kappa shape index (κ2) is 11.6. The quantitative estimate of drug-likeness (QED) is 0.229. The summed E-state index contributed by atoms with van der Waals surface area (Å²) in [6.45, 7) is 12.4. The highest BCUT2D eigenvalue weighted by atomic mass is 16.5. The Labute approximate surface area is 241 Å². The molecule has 0 aliphatic carbocycles. The molecule has 0 bridgehead atoms. The number of urea groups is 1. The Kier molecular flexibility index (Phi) is 7.99. The minimum atomic E-state index is -0.341. The van der Waals surface area contributed by atoms with Crippen LogP contribution in [0.4, 0.5) is 22.0 Å². The van der Waals surface area contributed by atoms with E-state index in [1.54, 1.807) is 12.3 Å². The molecule has 2 aromatic heterocycles. The van der Waals surface area contributed by atoms with E-state index in [4.69, 9.17) is 9.84 Å². The number of hydrogen-bond acceptors (Lipinski definition) is 6. The predicted octanol–water partition coefficient (Wildman–Crippen LogP) is 6.94. The van der Waals surface area contributed by atoms with Gasteiger partial charge in [-0.1, -0.05) is 12.1 Å². The minimum absolute atomic E-state index is 0.238. The maximum Gasteiger partial charge on any atom is 0.323 e. The van der Waals surface area contributed by atoms with Gasteiger partial charge in [0, 0.05) is 48.8 Å². The third kappa shape index (κ3) is 7.05. The van der Waals surface area contributed by atoms with Gasteiger partial charge in [0.1, 0.15) is 23.0 Å². The van der Waals surface area contributed by atoms with Crippen LogP contribution in [0.3, 0.4) is 0 Å². The highest BCUT2D eigenvalue weighted by Gasteiger charge is 2.22. The summed E-state index contributed by atoms with van der Waals surface area (Å²) in [4.78, 5) is 19.7. The van der Waals surface area contributed by atoms with Gasteiger partial charge in [-0.05, 0) is 95.6 Å². The van der Waals surface area contributed by atoms with Gasteiger partial charge in [0.15, 0.2) is 0 Å². The molecule has 5 rings (SSSR count). The number of nitrogens with zero attached hydrogens (tertiary/aromatic N) is 4. The number of benzene rings is 2. The molecule has 2 amide bonds. The van der Waals surface area contributed by atoms with Crippen LogP contribution in [-0.2, 0) is 18.5 Å². The average Bonchev–Trinajstić information content (AvgIpc) is 3.33. The zero-order valence-corrected chi connectivity index (χ0v) is 24.7. The van der Waals surface area contributed by atoms with Crippen molar-refractivity contribution in [3.63, 3.8) is 0 Å². The molecule has 9 heteroatoms. The number of nitrogens with one attached hydrogen (secondary N) is 3. The molecule has 41 heavy (non-hydrogen) atoms. The summed E-state index contributed by atoms with van der Waals surface area (Å²) in [5, 5.41) is 14.1. The van der Waals surface area contributed by atoms with Gasteiger partial charge in [0.05, 0.1) is 11.2 Å². The van der Waals surface area contributed by atoms with Gasteiger partial charge in [0.25, 0.3) is 0 Å². The number of ether oxygens (including phenoxy) is 1. The monoisotopic (exact) mass is 553 g/mol. The number of likely N-dealkylation sites (N-methyl/N-ethyl adjacent to an activating group) is 1. The van der Waals surface area contributed by atoms with E-state index in [0.717, 1.165) is 36.6 Å². The van der Waals surface area contributed by atoms with Crippen LogP contribution in [0.5, 0.6) is 11.5 Å². The average molecular weight is 554 g/mol. The summed E-state index contributed by atoms with van der Waals surface area (Å²) in [5.74, 6) is 2.09. The number of amides is 2. The first-order valence-electron chi connectivity index (χ1n) is 14.0. The van der Waals surface area contributed by atoms with E-state index in [-0.39, 0.29) is 17.6 Å². The van der Waals surface area contributed by atoms with Crippen molar-refractivity contribution in [2.75, 3.05) is 29.5 Å². The van der Waals surface area contributed by atoms with Crippen molar-refractivity contribution in [1.82, 2.24) is 19.7 Å². The summed E-state index contributed by atoms with van der Waals surface area (Å²) < 4.78 is 7.88. The summed E-state index contributed by atoms with van der Waals surface area (Å²) in [7, 11) is 2.14. The molecular weight excluding hydrogens is 514 g/mol. The van der Waals surface area contributed by atoms with Crippen molar-refractivity contribution < 1.29 is 9.53 Å². The van der Waals surface area contributed by atoms with Gasteiger partial charge >= 0.3 is 6.03 Å². The lowest BCUT2D eigenvalue weighted by atomic mass is 9.96. The van der Waals surface area contributed by atoms with Gasteiger partial charge in [0.2, 0.25) is 0 Å². The molecule has 3 N–H and O–H groups in total. The van der Waals surface area contributed by atoms with Crippen molar-refractivity contribution >= 4 is 23.2 Å². The molecule has 214 valence electrons. The summed E-state index contributed by atoms with van der Waals surface area (Å²) in [6, 6.07) is 17.3. The second-order valence-electron chi connectivity index (χ2n) is 11.9. The van der Waals surface area contributed by atoms with E-state index < -0.39 is 0 Å². The summed E-state index contributed by atoms with van der Waals surface area (Å²) >= 11 is 0. The number of pyridine rings is 1. The molecule has 0 saturated heterocycles. The fraction of sp³-hybridized carbons (Fsp3) is 0.344. The van der Waals surface area contributed by atoms with E-state index in [2.05, 4.69) is 85.7 Å². The molecule has 3 heterocycles. The van der Waals surface area contributed by atoms with Gasteiger partial charge in [-0.15, -0.1) is 0 Å². The number of rotatable bonds is 7. The number of hydrogen-bond donors (Lipinski definition) is 3. The molecule has 9 nitrogen and oxygen atoms in total. The van der Waals surface area contributed by atoms with Gasteiger partial charge < -0.3 is 25.6 Å². The molecule has 1 aliphatic heterocycles. The Morgan fingerprint density at radius 1 is 0.976 bits per heavy atom. The molecule has 0 atom stereocenters. The zero-order valence-electron chi connectivity index (χ0n) is 24.7. The maximum atomic E-state index is 13.1. The van der Waals surface area contributed by atoms with Gasteiger partial charge in [-0.3, -0.25) is 4.68 Å². The first-order chi connectivity index (χ1) is 19.5. The Morgan fingerprint density at radius 3 is 2.49 bits per heavy atom. The first kappa shape index (κ1) is 28.2. The Morgan fingerprint density at radius 2 is 1.76 bits per heavy atom. The van der Waals surface area contributed by atoms with Crippen molar-refractivity contribution in [2.45, 2.75) is 59.2 Å². The van der Waals surface area contributed by atoms with Crippen LogP contribution in [0.15, 0.2) is 67.0 Å². The van der Waals surface area contributed by atoms with E-state index >= 15 is 0 Å². The smallest absolute Gasteiger partial charge is 0.323 e. The molecule has 0 radical (unpaired) electrons. The lowest BCUT2D eigenvalue weighted by Gasteiger charge is -2.25. The van der Waals surface area contributed by atoms with Crippen LogP contribution in [0, 0.1) is 0 Å². The minimum Gasteiger partial charge on any atom is -0.457 e. The normalized spacial score (nSPS) is 13.5. The molecular formula is C32H39N7O2. The number of carbonyl (C=O) groups excluding carboxylic acids is 1. The molecule has 0 unspecified atom stereocenters. The number of anilines is 3. The van der Waals surface area contributed by atoms with Crippen LogP contribution in [0.1, 0.15) is 45.7 Å². The van der Waals surface area contributed by atoms with Crippen LogP contribution < -0.4 is 20.7 Å². The number of aromatic nitrogens is 3. The molecule has 2 aromatic carbocycles. The Bertz CT molecular complexity index is 1520. The highest BCUT2D eigenvalue weighted by Crippen LogP contribution is 2.32. The molecule has 0 fully saturated rings. The Balaban J connectivity index is 1.29. The SMILES string of the molecule is CC(C)Nc1cc(Oc2ccc(NC(=O)Nc3cn(C(C)(C)C)nc3-c3ccc4c(c3)CCN(C)C4)cc2)ccn1. The predicted molar refractivity (Wildman–Crippen MR) is 165 cm³/mol. The van der Waals surface area contributed by atoms with E-state index in [1.807, 2.05) is 41.2 Å². The largest absolute Gasteiger partial charge is 0.457 e. The fourth-order valence-electron chi connectivity index (χ4n) is 4.74. The first-order valence-corrected chi connectivity index (χ1v) is 14.0. The van der Waals surface area contributed by atoms with Gasteiger partial charge in [-0.2, -0.15) is 5.10 Å². The van der Waals surface area contributed by atoms with Crippen molar-refractivity contribution in [2.24, 2.45) is 0 Å². The van der Waals surface area contributed by atoms with Crippen molar-refractivity contribution in [3.05, 3.63) is 78.1 Å². The lowest BCUT2D eigenvalue weighted by Crippen LogP contribution is -2.26. The molecule has 4 aromatic rings. The van der Waals surface area contributed by atoms with Crippen molar-refractivity contribution in [3.8, 4) is 22.8 Å². The van der Waals surface area contributed by atoms with E-state index in [1.165, 1.54) is 11.1 Å². The van der Waals surface area contributed by atoms with Crippen LogP contribution in [0.2, 0.25) is 0 Å². The topological polar surface area (TPSA) is 96.3 Å². The van der Waals surface area contributed by atoms with Gasteiger partial charge in [-0.25, -0.2) is 9.78 Å². The third-order valence-corrected chi connectivity index (χ3v) is 6.85. The summed E-state index contributed by atoms with van der Waals surface area (Å²) in [5.41, 5.74) is 5.50. The number of fused-ring (bicyclic) bond motifs is 1. The van der Waals surface area contributed by atoms with Crippen LogP contribution in [0.25, 0.3) is 11.3 Å². The fourth-order valence-corrected chi connectivity index (χ4v) is 4.74. The summed E-state index contributed by atoms with van der Waals surface area (Å²) in [6.07, 6.45) is 4.61. The zero-order chi connectivity index (χ0) is 29.1. The molecule has 0 saturated carbocycles. The maximum absolute atomic E-state index is 13.1. The third-order valence-electron chi connectivity index (χ3n) is 6.85. The second-order valence-corrected chi connectivity index (χ2v) is 11.9. The lowest BCUT2D eigenvalue weighted by molar-refractivity contribution is 0.262. The van der Waals surface area contributed by atoms with Crippen molar-refractivity contribution in [1.29, 1.82) is 0 Å². The highest BCUT2D eigenvalue weighted by molar-refractivity contribution is 6.01. The molecule has 0 spiro atoms. The van der Waals surface area contributed by atoms with E-state index in [0.29, 0.717) is 22.9 Å². The van der Waals surface area contributed by atoms with Crippen LogP contribution in [-0.4, -0.2) is 45.3 Å². The molecule has 1 aliphatic rings. The Hall–Kier alpha value is -4.37. The number of carbonyl (C=O) groups is 1. The standard InChI is InChI=1S/C32H39N7O2/c1-21(2)34-29-18-27(13-15-33-29)41-26-11-9-25(10-12-26)35-31(40)36-28-20-39(32(3,4)5)37-30(28)23-7-8-24-19-38(6)16-14-22(24)17-23/h7-13,15,17-18,20-21H,14,16,19H2,1-6H3,(H,33,34)(H2,35,36,40). The van der Waals surface area contributed by atoms with Crippen LogP contribution >= 0.6 is 0 Å². The van der Waals surface area contributed by atoms with E-state index in [9.17, 15) is 4.79 Å².